The number of aliphatic hydroxyl groups excluding tert-OH is 1. The minimum atomic E-state index is -0.0453. The lowest BCUT2D eigenvalue weighted by Crippen LogP contribution is -2.14. The average molecular weight is 212 g/mol. The van der Waals surface area contributed by atoms with Gasteiger partial charge in [-0.3, -0.25) is 0 Å². The molecule has 0 radical (unpaired) electrons. The van der Waals surface area contributed by atoms with Crippen molar-refractivity contribution in [2.75, 3.05) is 18.6 Å². The van der Waals surface area contributed by atoms with Gasteiger partial charge >= 0.3 is 0 Å². The molecular weight excluding hydrogens is 196 g/mol. The molecular formula is C9H16N4O2. The number of ether oxygens (including phenoxy) is 1. The van der Waals surface area contributed by atoms with Crippen molar-refractivity contribution in [3.8, 4) is 5.88 Å². The number of nitrogen functional groups attached to an aromatic ring is 1. The number of nitrogens with two attached hydrogens (primary N) is 1. The van der Waals surface area contributed by atoms with Crippen molar-refractivity contribution in [1.82, 2.24) is 9.97 Å². The van der Waals surface area contributed by atoms with E-state index in [1.165, 1.54) is 0 Å². The van der Waals surface area contributed by atoms with Gasteiger partial charge in [-0.05, 0) is 6.92 Å². The van der Waals surface area contributed by atoms with Gasteiger partial charge in [-0.15, -0.1) is 0 Å². The number of hydrazine groups is 1. The van der Waals surface area contributed by atoms with Gasteiger partial charge in [-0.2, -0.15) is 4.98 Å². The Labute approximate surface area is 88.5 Å². The van der Waals surface area contributed by atoms with Gasteiger partial charge < -0.3 is 15.3 Å². The summed E-state index contributed by atoms with van der Waals surface area (Å²) in [6.45, 7) is 3.92. The van der Waals surface area contributed by atoms with Crippen LogP contribution in [0.25, 0.3) is 0 Å². The first-order valence-corrected chi connectivity index (χ1v) is 4.80. The van der Waals surface area contributed by atoms with Gasteiger partial charge in [-0.1, -0.05) is 6.92 Å². The molecule has 0 aromatic carbocycles. The molecule has 1 heterocycles. The van der Waals surface area contributed by atoms with E-state index < -0.39 is 0 Å². The lowest BCUT2D eigenvalue weighted by molar-refractivity contribution is 0.195. The van der Waals surface area contributed by atoms with Crippen LogP contribution in [-0.2, 0) is 6.42 Å². The number of nitrogens with one attached hydrogen (secondary N) is 1. The van der Waals surface area contributed by atoms with Crippen LogP contribution in [0.3, 0.4) is 0 Å². The van der Waals surface area contributed by atoms with Crippen molar-refractivity contribution in [3.05, 3.63) is 11.4 Å². The fourth-order valence-corrected chi connectivity index (χ4v) is 1.12. The first-order chi connectivity index (χ1) is 7.22. The predicted molar refractivity (Wildman–Crippen MR) is 56.5 cm³/mol. The van der Waals surface area contributed by atoms with E-state index in [9.17, 15) is 0 Å². The molecule has 0 fully saturated rings. The summed E-state index contributed by atoms with van der Waals surface area (Å²) in [5, 5.41) is 8.66. The molecule has 1 aromatic heterocycles. The number of hydrogen-bond donors (Lipinski definition) is 3. The van der Waals surface area contributed by atoms with E-state index in [4.69, 9.17) is 15.7 Å². The highest BCUT2D eigenvalue weighted by Gasteiger charge is 2.10. The molecule has 4 N–H and O–H groups in total. The third-order valence-corrected chi connectivity index (χ3v) is 1.93. The number of aromatic nitrogens is 2. The Morgan fingerprint density at radius 3 is 2.73 bits per heavy atom. The molecule has 0 aliphatic carbocycles. The molecule has 0 atom stereocenters. The summed E-state index contributed by atoms with van der Waals surface area (Å²) in [5.74, 6) is 6.99. The smallest absolute Gasteiger partial charge is 0.221 e. The van der Waals surface area contributed by atoms with Gasteiger partial charge in [0.05, 0.1) is 12.2 Å². The van der Waals surface area contributed by atoms with E-state index in [0.29, 0.717) is 23.9 Å². The molecule has 15 heavy (non-hydrogen) atoms. The maximum atomic E-state index is 8.66. The first kappa shape index (κ1) is 11.7. The maximum Gasteiger partial charge on any atom is 0.221 e. The predicted octanol–water partition coefficient (Wildman–Crippen LogP) is 0.00412. The molecule has 0 unspecified atom stereocenters. The quantitative estimate of drug-likeness (QED) is 0.470. The van der Waals surface area contributed by atoms with Crippen LogP contribution < -0.4 is 16.0 Å². The summed E-state index contributed by atoms with van der Waals surface area (Å²) in [6, 6.07) is 0. The lowest BCUT2D eigenvalue weighted by atomic mass is 10.3. The number of aliphatic hydroxyl groups is 1. The number of anilines is 1. The van der Waals surface area contributed by atoms with E-state index in [-0.39, 0.29) is 13.2 Å². The molecule has 0 spiro atoms. The van der Waals surface area contributed by atoms with Gasteiger partial charge in [0.25, 0.3) is 0 Å². The molecule has 0 aliphatic heterocycles. The summed E-state index contributed by atoms with van der Waals surface area (Å²) >= 11 is 0. The molecule has 6 heteroatoms. The van der Waals surface area contributed by atoms with E-state index in [2.05, 4.69) is 15.4 Å². The first-order valence-electron chi connectivity index (χ1n) is 4.80. The number of nitrogens with zero attached hydrogens (tertiary/aromatic N) is 2. The van der Waals surface area contributed by atoms with Crippen molar-refractivity contribution in [1.29, 1.82) is 0 Å². The minimum absolute atomic E-state index is 0.0453. The van der Waals surface area contributed by atoms with Crippen molar-refractivity contribution < 1.29 is 9.84 Å². The third kappa shape index (κ3) is 2.77. The normalized spacial score (nSPS) is 10.1. The van der Waals surface area contributed by atoms with E-state index in [1.54, 1.807) is 6.92 Å². The molecule has 6 nitrogen and oxygen atoms in total. The van der Waals surface area contributed by atoms with E-state index in [0.717, 1.165) is 5.56 Å². The second-order valence-corrected chi connectivity index (χ2v) is 2.99. The maximum absolute atomic E-state index is 8.66. The lowest BCUT2D eigenvalue weighted by Gasteiger charge is -2.11. The fourth-order valence-electron chi connectivity index (χ4n) is 1.12. The fraction of sp³-hybridized carbons (Fsp3) is 0.556. The molecule has 1 aromatic rings. The summed E-state index contributed by atoms with van der Waals surface area (Å²) in [6.07, 6.45) is 0.699. The van der Waals surface area contributed by atoms with Gasteiger partial charge in [0, 0.05) is 6.42 Å². The molecule has 84 valence electrons. The summed E-state index contributed by atoms with van der Waals surface area (Å²) in [4.78, 5) is 8.39. The van der Waals surface area contributed by atoms with Crippen molar-refractivity contribution in [3.63, 3.8) is 0 Å². The third-order valence-electron chi connectivity index (χ3n) is 1.93. The van der Waals surface area contributed by atoms with Crippen molar-refractivity contribution >= 4 is 5.82 Å². The van der Waals surface area contributed by atoms with Crippen LogP contribution in [0.1, 0.15) is 18.3 Å². The molecule has 0 saturated carbocycles. The standard InChI is InChI=1S/C9H16N4O2/c1-3-7-11-8(13-10)6(2)9(12-7)15-5-4-14/h14H,3-5,10H2,1-2H3,(H,11,12,13). The Morgan fingerprint density at radius 2 is 2.20 bits per heavy atom. The average Bonchev–Trinajstić information content (AvgIpc) is 2.27. The molecule has 1 rings (SSSR count). The van der Waals surface area contributed by atoms with Crippen LogP contribution >= 0.6 is 0 Å². The highest BCUT2D eigenvalue weighted by molar-refractivity contribution is 5.47. The minimum Gasteiger partial charge on any atom is -0.475 e. The monoisotopic (exact) mass is 212 g/mol. The second-order valence-electron chi connectivity index (χ2n) is 2.99. The van der Waals surface area contributed by atoms with Crippen LogP contribution in [0.5, 0.6) is 5.88 Å². The molecule has 0 bridgehead atoms. The Kier molecular flexibility index (Phi) is 4.26. The summed E-state index contributed by atoms with van der Waals surface area (Å²) < 4.78 is 5.27. The SMILES string of the molecule is CCc1nc(NN)c(C)c(OCCO)n1. The number of rotatable bonds is 5. The van der Waals surface area contributed by atoms with Crippen LogP contribution in [0.2, 0.25) is 0 Å². The Morgan fingerprint density at radius 1 is 1.47 bits per heavy atom. The second kappa shape index (κ2) is 5.47. The van der Waals surface area contributed by atoms with Gasteiger partial charge in [0.15, 0.2) is 0 Å². The van der Waals surface area contributed by atoms with Gasteiger partial charge in [-0.25, -0.2) is 10.8 Å². The number of hydrogen-bond acceptors (Lipinski definition) is 6. The topological polar surface area (TPSA) is 93.3 Å². The zero-order valence-corrected chi connectivity index (χ0v) is 8.95. The molecule has 0 aliphatic rings. The Bertz CT molecular complexity index is 330. The zero-order valence-electron chi connectivity index (χ0n) is 8.95. The zero-order chi connectivity index (χ0) is 11.3. The highest BCUT2D eigenvalue weighted by atomic mass is 16.5. The van der Waals surface area contributed by atoms with Crippen LogP contribution in [0.4, 0.5) is 5.82 Å². The summed E-state index contributed by atoms with van der Waals surface area (Å²) in [7, 11) is 0. The van der Waals surface area contributed by atoms with Gasteiger partial charge in [0.2, 0.25) is 5.88 Å². The Hall–Kier alpha value is -1.40. The van der Waals surface area contributed by atoms with Crippen molar-refractivity contribution in [2.24, 2.45) is 5.84 Å². The summed E-state index contributed by atoms with van der Waals surface area (Å²) in [5.41, 5.74) is 3.23. The van der Waals surface area contributed by atoms with Crippen LogP contribution in [-0.4, -0.2) is 28.3 Å². The van der Waals surface area contributed by atoms with Gasteiger partial charge in [0.1, 0.15) is 18.2 Å². The molecule has 0 saturated heterocycles. The highest BCUT2D eigenvalue weighted by Crippen LogP contribution is 2.21. The largest absolute Gasteiger partial charge is 0.475 e. The van der Waals surface area contributed by atoms with Crippen molar-refractivity contribution in [2.45, 2.75) is 20.3 Å². The number of aryl methyl sites for hydroxylation is 1. The van der Waals surface area contributed by atoms with Crippen LogP contribution in [0, 0.1) is 6.92 Å². The van der Waals surface area contributed by atoms with Crippen LogP contribution in [0.15, 0.2) is 0 Å². The van der Waals surface area contributed by atoms with E-state index >= 15 is 0 Å². The van der Waals surface area contributed by atoms with E-state index in [1.807, 2.05) is 6.92 Å². The molecule has 0 amide bonds. The Balaban J connectivity index is 3.01.